The molecule has 1 saturated carbocycles. The van der Waals surface area contributed by atoms with Gasteiger partial charge in [0.1, 0.15) is 6.04 Å². The van der Waals surface area contributed by atoms with Crippen molar-refractivity contribution in [1.82, 2.24) is 4.90 Å². The van der Waals surface area contributed by atoms with Crippen LogP contribution >= 0.6 is 0 Å². The van der Waals surface area contributed by atoms with Gasteiger partial charge in [-0.25, -0.2) is 0 Å². The molecular formula is C12H21F3N2O. The molecule has 0 aromatic heterocycles. The third kappa shape index (κ3) is 2.51. The van der Waals surface area contributed by atoms with Gasteiger partial charge in [0.2, 0.25) is 0 Å². The molecule has 5 unspecified atom stereocenters. The van der Waals surface area contributed by atoms with E-state index in [1.54, 1.807) is 6.92 Å². The maximum absolute atomic E-state index is 13.1. The SMILES string of the molecule is CCC(N)C(N1CC2CCC(O)C2C1)C(F)(F)F. The molecule has 2 fully saturated rings. The first-order valence-corrected chi connectivity index (χ1v) is 6.59. The number of nitrogens with zero attached hydrogens (tertiary/aromatic N) is 1. The first kappa shape index (κ1) is 14.1. The van der Waals surface area contributed by atoms with Crippen LogP contribution < -0.4 is 5.73 Å². The molecule has 1 saturated heterocycles. The van der Waals surface area contributed by atoms with Gasteiger partial charge < -0.3 is 10.8 Å². The smallest absolute Gasteiger partial charge is 0.393 e. The minimum absolute atomic E-state index is 0.00101. The molecule has 1 aliphatic heterocycles. The van der Waals surface area contributed by atoms with Crippen molar-refractivity contribution in [3.63, 3.8) is 0 Å². The van der Waals surface area contributed by atoms with Crippen LogP contribution in [0.25, 0.3) is 0 Å². The molecule has 0 spiro atoms. The molecule has 3 N–H and O–H groups in total. The monoisotopic (exact) mass is 266 g/mol. The molecule has 2 aliphatic rings. The van der Waals surface area contributed by atoms with Crippen LogP contribution in [0.1, 0.15) is 26.2 Å². The van der Waals surface area contributed by atoms with Gasteiger partial charge >= 0.3 is 6.18 Å². The van der Waals surface area contributed by atoms with Crippen LogP contribution in [0.2, 0.25) is 0 Å². The molecule has 5 atom stereocenters. The molecule has 0 amide bonds. The number of alkyl halides is 3. The summed E-state index contributed by atoms with van der Waals surface area (Å²) in [6.45, 7) is 2.42. The second-order valence-electron chi connectivity index (χ2n) is 5.58. The topological polar surface area (TPSA) is 49.5 Å². The van der Waals surface area contributed by atoms with Crippen LogP contribution in [0.3, 0.4) is 0 Å². The van der Waals surface area contributed by atoms with Gasteiger partial charge in [-0.2, -0.15) is 13.2 Å². The van der Waals surface area contributed by atoms with Gasteiger partial charge in [-0.3, -0.25) is 4.90 Å². The average molecular weight is 266 g/mol. The van der Waals surface area contributed by atoms with E-state index >= 15 is 0 Å². The fourth-order valence-corrected chi connectivity index (χ4v) is 3.44. The molecule has 0 radical (unpaired) electrons. The zero-order valence-corrected chi connectivity index (χ0v) is 10.5. The Hall–Kier alpha value is -0.330. The number of fused-ring (bicyclic) bond motifs is 1. The molecule has 2 rings (SSSR count). The second kappa shape index (κ2) is 4.98. The zero-order valence-electron chi connectivity index (χ0n) is 10.5. The van der Waals surface area contributed by atoms with E-state index in [2.05, 4.69) is 0 Å². The summed E-state index contributed by atoms with van der Waals surface area (Å²) in [7, 11) is 0. The Kier molecular flexibility index (Phi) is 3.90. The number of hydrogen-bond donors (Lipinski definition) is 2. The Bertz CT molecular complexity index is 298. The molecule has 18 heavy (non-hydrogen) atoms. The second-order valence-corrected chi connectivity index (χ2v) is 5.58. The Morgan fingerprint density at radius 2 is 2.00 bits per heavy atom. The number of likely N-dealkylation sites (tertiary alicyclic amines) is 1. The fourth-order valence-electron chi connectivity index (χ4n) is 3.44. The summed E-state index contributed by atoms with van der Waals surface area (Å²) in [6.07, 6.45) is -2.88. The fraction of sp³-hybridized carbons (Fsp3) is 1.00. The lowest BCUT2D eigenvalue weighted by Gasteiger charge is -2.34. The number of hydrogen-bond acceptors (Lipinski definition) is 3. The lowest BCUT2D eigenvalue weighted by atomic mass is 10.00. The first-order valence-electron chi connectivity index (χ1n) is 6.59. The summed E-state index contributed by atoms with van der Waals surface area (Å²) in [5.74, 6) is 0.202. The Morgan fingerprint density at radius 3 is 2.50 bits per heavy atom. The summed E-state index contributed by atoms with van der Waals surface area (Å²) in [5, 5.41) is 9.76. The van der Waals surface area contributed by atoms with Crippen LogP contribution in [0.4, 0.5) is 13.2 Å². The Labute approximate surface area is 105 Å². The summed E-state index contributed by atoms with van der Waals surface area (Å²) >= 11 is 0. The predicted molar refractivity (Wildman–Crippen MR) is 61.9 cm³/mol. The van der Waals surface area contributed by atoms with Gasteiger partial charge in [-0.05, 0) is 25.2 Å². The van der Waals surface area contributed by atoms with E-state index in [0.29, 0.717) is 19.5 Å². The molecular weight excluding hydrogens is 245 g/mol. The number of halogens is 3. The van der Waals surface area contributed by atoms with Gasteiger partial charge in [0.15, 0.2) is 0 Å². The van der Waals surface area contributed by atoms with Gasteiger partial charge in [0.25, 0.3) is 0 Å². The van der Waals surface area contributed by atoms with Crippen LogP contribution in [-0.4, -0.2) is 47.5 Å². The van der Waals surface area contributed by atoms with Crippen molar-refractivity contribution in [3.8, 4) is 0 Å². The van der Waals surface area contributed by atoms with Crippen LogP contribution in [-0.2, 0) is 0 Å². The third-order valence-electron chi connectivity index (χ3n) is 4.45. The van der Waals surface area contributed by atoms with E-state index in [0.717, 1.165) is 12.8 Å². The van der Waals surface area contributed by atoms with Crippen LogP contribution in [0.15, 0.2) is 0 Å². The Balaban J connectivity index is 2.10. The minimum Gasteiger partial charge on any atom is -0.393 e. The highest BCUT2D eigenvalue weighted by Crippen LogP contribution is 2.41. The highest BCUT2D eigenvalue weighted by atomic mass is 19.4. The van der Waals surface area contributed by atoms with Crippen molar-refractivity contribution in [2.45, 2.75) is 50.6 Å². The molecule has 0 bridgehead atoms. The lowest BCUT2D eigenvalue weighted by molar-refractivity contribution is -0.187. The molecule has 106 valence electrons. The quantitative estimate of drug-likeness (QED) is 0.811. The summed E-state index contributed by atoms with van der Waals surface area (Å²) in [6, 6.07) is -2.46. The first-order chi connectivity index (χ1) is 8.34. The van der Waals surface area contributed by atoms with Crippen LogP contribution in [0.5, 0.6) is 0 Å². The number of aliphatic hydroxyl groups excluding tert-OH is 1. The standard InChI is InChI=1S/C12H21F3N2O/c1-2-9(16)11(12(13,14)15)17-5-7-3-4-10(18)8(7)6-17/h7-11,18H,2-6,16H2,1H3. The minimum atomic E-state index is -4.29. The predicted octanol–water partition coefficient (Wildman–Crippen LogP) is 1.36. The summed E-state index contributed by atoms with van der Waals surface area (Å²) in [4.78, 5) is 1.44. The average Bonchev–Trinajstić information content (AvgIpc) is 2.79. The number of aliphatic hydroxyl groups is 1. The molecule has 3 nitrogen and oxygen atoms in total. The lowest BCUT2D eigenvalue weighted by Crippen LogP contribution is -2.55. The molecule has 1 aliphatic carbocycles. The number of nitrogens with two attached hydrogens (primary N) is 1. The largest absolute Gasteiger partial charge is 0.405 e. The molecule has 1 heterocycles. The van der Waals surface area contributed by atoms with E-state index in [1.807, 2.05) is 0 Å². The maximum Gasteiger partial charge on any atom is 0.405 e. The van der Waals surface area contributed by atoms with Gasteiger partial charge in [0.05, 0.1) is 6.10 Å². The molecule has 6 heteroatoms. The van der Waals surface area contributed by atoms with Crippen molar-refractivity contribution < 1.29 is 18.3 Å². The van der Waals surface area contributed by atoms with Gasteiger partial charge in [-0.15, -0.1) is 0 Å². The Morgan fingerprint density at radius 1 is 1.33 bits per heavy atom. The van der Waals surface area contributed by atoms with E-state index in [4.69, 9.17) is 5.73 Å². The third-order valence-corrected chi connectivity index (χ3v) is 4.45. The highest BCUT2D eigenvalue weighted by Gasteiger charge is 2.52. The van der Waals surface area contributed by atoms with Crippen molar-refractivity contribution in [3.05, 3.63) is 0 Å². The van der Waals surface area contributed by atoms with Crippen molar-refractivity contribution in [2.24, 2.45) is 17.6 Å². The van der Waals surface area contributed by atoms with Crippen molar-refractivity contribution in [2.75, 3.05) is 13.1 Å². The van der Waals surface area contributed by atoms with Gasteiger partial charge in [-0.1, -0.05) is 6.92 Å². The molecule has 0 aromatic rings. The van der Waals surface area contributed by atoms with E-state index < -0.39 is 24.4 Å². The maximum atomic E-state index is 13.1. The summed E-state index contributed by atoms with van der Waals surface area (Å²) in [5.41, 5.74) is 5.64. The van der Waals surface area contributed by atoms with Crippen molar-refractivity contribution >= 4 is 0 Å². The molecule has 0 aromatic carbocycles. The van der Waals surface area contributed by atoms with Crippen LogP contribution in [0, 0.1) is 11.8 Å². The highest BCUT2D eigenvalue weighted by molar-refractivity contribution is 4.99. The summed E-state index contributed by atoms with van der Waals surface area (Å²) < 4.78 is 39.3. The van der Waals surface area contributed by atoms with E-state index in [-0.39, 0.29) is 11.8 Å². The normalized spacial score (nSPS) is 36.7. The zero-order chi connectivity index (χ0) is 13.5. The number of rotatable bonds is 3. The van der Waals surface area contributed by atoms with E-state index in [1.165, 1.54) is 4.90 Å². The van der Waals surface area contributed by atoms with Crippen molar-refractivity contribution in [1.29, 1.82) is 0 Å². The van der Waals surface area contributed by atoms with Gasteiger partial charge in [0, 0.05) is 25.0 Å². The van der Waals surface area contributed by atoms with E-state index in [9.17, 15) is 18.3 Å².